The van der Waals surface area contributed by atoms with Gasteiger partial charge in [0.25, 0.3) is 0 Å². The fourth-order valence-electron chi connectivity index (χ4n) is 1.56. The molecule has 0 bridgehead atoms. The van der Waals surface area contributed by atoms with Gasteiger partial charge in [0.1, 0.15) is 0 Å². The van der Waals surface area contributed by atoms with E-state index >= 15 is 0 Å². The molecule has 0 fully saturated rings. The van der Waals surface area contributed by atoms with Crippen LogP contribution in [-0.4, -0.2) is 15.0 Å². The Kier molecular flexibility index (Phi) is 2.55. The third kappa shape index (κ3) is 1.79. The number of imidazole rings is 1. The lowest BCUT2D eigenvalue weighted by Gasteiger charge is -1.97. The first-order chi connectivity index (χ1) is 7.93. The van der Waals surface area contributed by atoms with Gasteiger partial charge < -0.3 is 4.98 Å². The van der Waals surface area contributed by atoms with E-state index in [9.17, 15) is 0 Å². The summed E-state index contributed by atoms with van der Waals surface area (Å²) in [5.41, 5.74) is 4.14. The van der Waals surface area contributed by atoms with Crippen molar-refractivity contribution in [1.29, 1.82) is 0 Å². The second-order valence-electron chi connectivity index (χ2n) is 3.36. The highest BCUT2D eigenvalue weighted by Crippen LogP contribution is 2.30. The highest BCUT2D eigenvalue weighted by atomic mass is 32.1. The van der Waals surface area contributed by atoms with Crippen molar-refractivity contribution in [3.8, 4) is 10.6 Å². The van der Waals surface area contributed by atoms with Crippen LogP contribution in [0.15, 0.2) is 35.5 Å². The second kappa shape index (κ2) is 4.19. The maximum absolute atomic E-state index is 4.43. The highest BCUT2D eigenvalue weighted by molar-refractivity contribution is 7.14. The van der Waals surface area contributed by atoms with E-state index in [0.29, 0.717) is 0 Å². The van der Waals surface area contributed by atoms with E-state index in [1.165, 1.54) is 9.75 Å². The van der Waals surface area contributed by atoms with Crippen molar-refractivity contribution in [2.45, 2.75) is 6.42 Å². The molecule has 0 saturated carbocycles. The van der Waals surface area contributed by atoms with Gasteiger partial charge in [-0.05, 0) is 11.4 Å². The number of nitrogens with zero attached hydrogens (tertiary/aromatic N) is 2. The van der Waals surface area contributed by atoms with Crippen LogP contribution in [0, 0.1) is 0 Å². The topological polar surface area (TPSA) is 41.6 Å². The first-order valence-corrected chi connectivity index (χ1v) is 6.63. The SMILES string of the molecule is c1csc(-c2ncsc2Cc2cnc[nH]2)c1. The van der Waals surface area contributed by atoms with Crippen molar-refractivity contribution in [2.75, 3.05) is 0 Å². The zero-order valence-corrected chi connectivity index (χ0v) is 10.0. The molecule has 16 heavy (non-hydrogen) atoms. The molecule has 0 aromatic carbocycles. The largest absolute Gasteiger partial charge is 0.348 e. The van der Waals surface area contributed by atoms with E-state index in [0.717, 1.165) is 17.8 Å². The van der Waals surface area contributed by atoms with Gasteiger partial charge in [0.05, 0.1) is 22.4 Å². The van der Waals surface area contributed by atoms with Crippen LogP contribution in [0.5, 0.6) is 0 Å². The Balaban J connectivity index is 1.94. The van der Waals surface area contributed by atoms with Crippen LogP contribution in [0.3, 0.4) is 0 Å². The first kappa shape index (κ1) is 9.74. The lowest BCUT2D eigenvalue weighted by Crippen LogP contribution is -1.87. The summed E-state index contributed by atoms with van der Waals surface area (Å²) < 4.78 is 0. The normalized spacial score (nSPS) is 10.8. The number of hydrogen-bond acceptors (Lipinski definition) is 4. The van der Waals surface area contributed by atoms with Crippen LogP contribution < -0.4 is 0 Å². The van der Waals surface area contributed by atoms with Gasteiger partial charge in [0.15, 0.2) is 0 Å². The third-order valence-corrected chi connectivity index (χ3v) is 4.01. The summed E-state index contributed by atoms with van der Waals surface area (Å²) in [7, 11) is 0. The number of rotatable bonds is 3. The summed E-state index contributed by atoms with van der Waals surface area (Å²) in [6.45, 7) is 0. The van der Waals surface area contributed by atoms with Gasteiger partial charge in [-0.2, -0.15) is 0 Å². The smallest absolute Gasteiger partial charge is 0.0946 e. The Morgan fingerprint density at radius 1 is 1.31 bits per heavy atom. The monoisotopic (exact) mass is 247 g/mol. The predicted molar refractivity (Wildman–Crippen MR) is 66.8 cm³/mol. The van der Waals surface area contributed by atoms with Crippen LogP contribution in [0.25, 0.3) is 10.6 Å². The van der Waals surface area contributed by atoms with E-state index in [2.05, 4.69) is 32.5 Å². The number of aromatic amines is 1. The third-order valence-electron chi connectivity index (χ3n) is 2.30. The molecule has 5 heteroatoms. The molecule has 1 N–H and O–H groups in total. The number of nitrogens with one attached hydrogen (secondary N) is 1. The van der Waals surface area contributed by atoms with Gasteiger partial charge in [0.2, 0.25) is 0 Å². The molecule has 0 spiro atoms. The molecule has 3 heterocycles. The zero-order chi connectivity index (χ0) is 10.8. The molecular weight excluding hydrogens is 238 g/mol. The fraction of sp³-hybridized carbons (Fsp3) is 0.0909. The molecule has 0 aliphatic carbocycles. The molecule has 0 radical (unpaired) electrons. The van der Waals surface area contributed by atoms with Gasteiger partial charge in [0, 0.05) is 23.2 Å². The minimum absolute atomic E-state index is 0.873. The fourth-order valence-corrected chi connectivity index (χ4v) is 3.18. The van der Waals surface area contributed by atoms with Crippen LogP contribution >= 0.6 is 22.7 Å². The number of H-pyrrole nitrogens is 1. The number of thiazole rings is 1. The quantitative estimate of drug-likeness (QED) is 0.772. The molecule has 3 nitrogen and oxygen atoms in total. The molecule has 3 aromatic rings. The van der Waals surface area contributed by atoms with E-state index in [4.69, 9.17) is 0 Å². The summed E-state index contributed by atoms with van der Waals surface area (Å²) in [6.07, 6.45) is 4.44. The molecule has 0 saturated heterocycles. The zero-order valence-electron chi connectivity index (χ0n) is 8.38. The van der Waals surface area contributed by atoms with Gasteiger partial charge in [-0.25, -0.2) is 9.97 Å². The van der Waals surface area contributed by atoms with Crippen molar-refractivity contribution in [2.24, 2.45) is 0 Å². The molecule has 0 aliphatic rings. The molecule has 0 amide bonds. The Labute approximate surface area is 101 Å². The summed E-state index contributed by atoms with van der Waals surface area (Å²) >= 11 is 3.42. The molecule has 0 unspecified atom stereocenters. The van der Waals surface area contributed by atoms with Crippen molar-refractivity contribution >= 4 is 22.7 Å². The Hall–Kier alpha value is -1.46. The Morgan fingerprint density at radius 2 is 2.31 bits per heavy atom. The lowest BCUT2D eigenvalue weighted by molar-refractivity contribution is 1.13. The molecule has 80 valence electrons. The highest BCUT2D eigenvalue weighted by Gasteiger charge is 2.10. The van der Waals surface area contributed by atoms with Crippen molar-refractivity contribution in [3.63, 3.8) is 0 Å². The van der Waals surface area contributed by atoms with Gasteiger partial charge in [-0.3, -0.25) is 0 Å². The molecule has 0 atom stereocenters. The van der Waals surface area contributed by atoms with Crippen LogP contribution in [0.1, 0.15) is 10.6 Å². The number of thiophene rings is 1. The van der Waals surface area contributed by atoms with Gasteiger partial charge in [-0.15, -0.1) is 22.7 Å². The predicted octanol–water partition coefficient (Wildman–Crippen LogP) is 3.19. The number of aromatic nitrogens is 3. The van der Waals surface area contributed by atoms with Crippen LogP contribution in [-0.2, 0) is 6.42 Å². The summed E-state index contributed by atoms with van der Waals surface area (Å²) in [6, 6.07) is 4.16. The molecular formula is C11H9N3S2. The van der Waals surface area contributed by atoms with E-state index in [1.807, 2.05) is 11.7 Å². The van der Waals surface area contributed by atoms with E-state index < -0.39 is 0 Å². The average Bonchev–Trinajstić information content (AvgIpc) is 2.98. The Bertz CT molecular complexity index is 552. The Morgan fingerprint density at radius 3 is 3.06 bits per heavy atom. The standard InChI is InChI=1S/C11H9N3S2/c1-2-9(15-3-1)11-10(16-7-14-11)4-8-5-12-6-13-8/h1-3,5-7H,4H2,(H,12,13). The molecule has 0 aliphatic heterocycles. The van der Waals surface area contributed by atoms with Crippen LogP contribution in [0.2, 0.25) is 0 Å². The second-order valence-corrected chi connectivity index (χ2v) is 5.24. The maximum atomic E-state index is 4.43. The maximum Gasteiger partial charge on any atom is 0.0946 e. The van der Waals surface area contributed by atoms with Gasteiger partial charge in [-0.1, -0.05) is 6.07 Å². The summed E-state index contributed by atoms with van der Waals surface area (Å²) in [5, 5.41) is 2.08. The van der Waals surface area contributed by atoms with Crippen LogP contribution in [0.4, 0.5) is 0 Å². The van der Waals surface area contributed by atoms with E-state index in [-0.39, 0.29) is 0 Å². The summed E-state index contributed by atoms with van der Waals surface area (Å²) in [5.74, 6) is 0. The van der Waals surface area contributed by atoms with Gasteiger partial charge >= 0.3 is 0 Å². The minimum Gasteiger partial charge on any atom is -0.348 e. The molecule has 3 rings (SSSR count). The molecule has 3 aromatic heterocycles. The lowest BCUT2D eigenvalue weighted by atomic mass is 10.2. The summed E-state index contributed by atoms with van der Waals surface area (Å²) in [4.78, 5) is 14.1. The first-order valence-electron chi connectivity index (χ1n) is 4.87. The minimum atomic E-state index is 0.873. The van der Waals surface area contributed by atoms with Crippen molar-refractivity contribution in [1.82, 2.24) is 15.0 Å². The average molecular weight is 247 g/mol. The van der Waals surface area contributed by atoms with Crippen molar-refractivity contribution < 1.29 is 0 Å². The number of hydrogen-bond donors (Lipinski definition) is 1. The van der Waals surface area contributed by atoms with Crippen molar-refractivity contribution in [3.05, 3.63) is 46.1 Å². The van der Waals surface area contributed by atoms with E-state index in [1.54, 1.807) is 29.0 Å².